The van der Waals surface area contributed by atoms with Crippen molar-refractivity contribution in [1.29, 1.82) is 0 Å². The van der Waals surface area contributed by atoms with Gasteiger partial charge in [-0.1, -0.05) is 188 Å². The summed E-state index contributed by atoms with van der Waals surface area (Å²) in [4.78, 5) is 10.6. The third-order valence-corrected chi connectivity index (χ3v) is 11.8. The van der Waals surface area contributed by atoms with Crippen molar-refractivity contribution in [3.8, 4) is 56.0 Å². The van der Waals surface area contributed by atoms with Gasteiger partial charge < -0.3 is 0 Å². The van der Waals surface area contributed by atoms with E-state index in [1.165, 1.54) is 54.9 Å². The molecule has 0 radical (unpaired) electrons. The molecule has 0 bridgehead atoms. The van der Waals surface area contributed by atoms with E-state index in [-0.39, 0.29) is 29.7 Å². The van der Waals surface area contributed by atoms with Crippen LogP contribution in [-0.4, -0.2) is 9.97 Å². The molecule has 55 heavy (non-hydrogen) atoms. The lowest BCUT2D eigenvalue weighted by Gasteiger charge is -2.30. The molecule has 0 saturated heterocycles. The Hall–Kier alpha value is -7.16. The largest absolute Gasteiger partial charge is 0.228 e. The summed E-state index contributed by atoms with van der Waals surface area (Å²) in [5.74, 6) is 0.609. The van der Waals surface area contributed by atoms with Gasteiger partial charge in [0.25, 0.3) is 0 Å². The summed E-state index contributed by atoms with van der Waals surface area (Å²) < 4.78 is 41.6. The van der Waals surface area contributed by atoms with Gasteiger partial charge in [-0.25, -0.2) is 9.97 Å². The number of rotatable bonds is 3. The van der Waals surface area contributed by atoms with E-state index in [2.05, 4.69) is 115 Å². The molecule has 1 spiro atoms. The van der Waals surface area contributed by atoms with Crippen molar-refractivity contribution in [2.75, 3.05) is 0 Å². The molecular formula is C53H32N2. The van der Waals surface area contributed by atoms with E-state index in [4.69, 9.17) is 16.8 Å². The number of hydrogen-bond donors (Lipinski definition) is 0. The number of benzene rings is 9. The Kier molecular flexibility index (Phi) is 5.35. The zero-order chi connectivity index (χ0) is 40.4. The van der Waals surface area contributed by atoms with Crippen molar-refractivity contribution in [2.45, 2.75) is 5.41 Å². The van der Waals surface area contributed by atoms with Crippen LogP contribution in [0.25, 0.3) is 88.5 Å². The first-order valence-corrected chi connectivity index (χ1v) is 18.6. The van der Waals surface area contributed by atoms with E-state index in [1.807, 2.05) is 48.5 Å². The highest BCUT2D eigenvalue weighted by molar-refractivity contribution is 6.14. The van der Waals surface area contributed by atoms with Crippen molar-refractivity contribution in [2.24, 2.45) is 0 Å². The van der Waals surface area contributed by atoms with Crippen LogP contribution in [-0.2, 0) is 5.41 Å². The monoisotopic (exact) mass is 701 g/mol. The fraction of sp³-hybridized carbons (Fsp3) is 0.0189. The first-order chi connectivity index (χ1) is 29.4. The van der Waals surface area contributed by atoms with Crippen molar-refractivity contribution in [1.82, 2.24) is 9.97 Å². The molecular weight excluding hydrogens is 665 g/mol. The van der Waals surface area contributed by atoms with E-state index in [0.717, 1.165) is 38.9 Å². The fourth-order valence-electron chi connectivity index (χ4n) is 9.55. The summed E-state index contributed by atoms with van der Waals surface area (Å²) in [5.41, 5.74) is 13.3. The molecule has 2 aliphatic carbocycles. The number of aromatic nitrogens is 2. The maximum absolute atomic E-state index is 8.55. The maximum atomic E-state index is 8.55. The molecule has 12 rings (SSSR count). The van der Waals surface area contributed by atoms with Crippen LogP contribution in [0.15, 0.2) is 194 Å². The van der Waals surface area contributed by atoms with Gasteiger partial charge in [-0.3, -0.25) is 0 Å². The Morgan fingerprint density at radius 1 is 0.382 bits per heavy atom. The van der Waals surface area contributed by atoms with Gasteiger partial charge in [0.15, 0.2) is 5.82 Å². The van der Waals surface area contributed by atoms with Crippen LogP contribution in [0.4, 0.5) is 0 Å². The summed E-state index contributed by atoms with van der Waals surface area (Å²) in [6.45, 7) is 0. The summed E-state index contributed by atoms with van der Waals surface area (Å²) in [6.07, 6.45) is 0. The smallest absolute Gasteiger partial charge is 0.161 e. The van der Waals surface area contributed by atoms with E-state index in [1.54, 1.807) is 0 Å². The second-order valence-electron chi connectivity index (χ2n) is 14.4. The molecule has 0 unspecified atom stereocenters. The minimum atomic E-state index is -0.584. The molecule has 9 aromatic carbocycles. The van der Waals surface area contributed by atoms with E-state index in [0.29, 0.717) is 11.4 Å². The number of nitrogens with zero attached hydrogens (tertiary/aromatic N) is 2. The second kappa shape index (κ2) is 11.4. The van der Waals surface area contributed by atoms with Gasteiger partial charge in [-0.15, -0.1) is 0 Å². The first kappa shape index (κ1) is 25.8. The molecule has 2 aliphatic rings. The topological polar surface area (TPSA) is 25.8 Å². The van der Waals surface area contributed by atoms with Gasteiger partial charge in [0.1, 0.15) is 0 Å². The van der Waals surface area contributed by atoms with Crippen molar-refractivity contribution in [3.63, 3.8) is 0 Å². The molecule has 0 saturated carbocycles. The minimum Gasteiger partial charge on any atom is -0.228 e. The third kappa shape index (κ3) is 4.14. The Morgan fingerprint density at radius 3 is 1.67 bits per heavy atom. The summed E-state index contributed by atoms with van der Waals surface area (Å²) in [5, 5.41) is 5.80. The molecule has 0 N–H and O–H groups in total. The van der Waals surface area contributed by atoms with Crippen LogP contribution in [0.3, 0.4) is 0 Å². The van der Waals surface area contributed by atoms with Crippen LogP contribution in [0, 0.1) is 0 Å². The van der Waals surface area contributed by atoms with Crippen molar-refractivity contribution >= 4 is 32.4 Å². The average molecular weight is 702 g/mol. The van der Waals surface area contributed by atoms with Crippen LogP contribution < -0.4 is 0 Å². The van der Waals surface area contributed by atoms with Gasteiger partial charge in [0, 0.05) is 16.5 Å². The quantitative estimate of drug-likeness (QED) is 0.183. The van der Waals surface area contributed by atoms with Crippen LogP contribution in [0.5, 0.6) is 0 Å². The molecule has 1 heterocycles. The summed E-state index contributed by atoms with van der Waals surface area (Å²) in [7, 11) is 0. The fourth-order valence-corrected chi connectivity index (χ4v) is 9.55. The normalized spacial score (nSPS) is 14.5. The van der Waals surface area contributed by atoms with Crippen LogP contribution in [0.2, 0.25) is 0 Å². The summed E-state index contributed by atoms with van der Waals surface area (Å²) in [6, 6.07) is 56.0. The van der Waals surface area contributed by atoms with Crippen LogP contribution in [0.1, 0.15) is 29.1 Å². The molecule has 2 nitrogen and oxygen atoms in total. The van der Waals surface area contributed by atoms with Crippen molar-refractivity contribution < 1.29 is 6.85 Å². The number of hydrogen-bond acceptors (Lipinski definition) is 2. The Labute approximate surface area is 326 Å². The molecule has 0 amide bonds. The average Bonchev–Trinajstić information content (AvgIpc) is 3.78. The van der Waals surface area contributed by atoms with Crippen molar-refractivity contribution in [3.05, 3.63) is 216 Å². The SMILES string of the molecule is [2H]c1c([2H])c([2H])c(-c2ccc(-c3nc(-c4cccc5c4-c4ccccc4C54c5ccc6ccccc6c5-c5c4ccc4ccccc54)nc4ccccc34)cc2)c([2H])c1[2H]. The van der Waals surface area contributed by atoms with E-state index >= 15 is 0 Å². The molecule has 254 valence electrons. The van der Waals surface area contributed by atoms with Gasteiger partial charge in [-0.2, -0.15) is 0 Å². The Bertz CT molecular complexity index is 3390. The zero-order valence-corrected chi connectivity index (χ0v) is 29.5. The summed E-state index contributed by atoms with van der Waals surface area (Å²) >= 11 is 0. The molecule has 0 atom stereocenters. The van der Waals surface area contributed by atoms with E-state index < -0.39 is 11.5 Å². The van der Waals surface area contributed by atoms with Gasteiger partial charge in [0.2, 0.25) is 0 Å². The predicted molar refractivity (Wildman–Crippen MR) is 227 cm³/mol. The van der Waals surface area contributed by atoms with E-state index in [9.17, 15) is 0 Å². The maximum Gasteiger partial charge on any atom is 0.161 e. The lowest BCUT2D eigenvalue weighted by molar-refractivity contribution is 0.795. The molecule has 1 aromatic heterocycles. The standard InChI is InChI=1S/C53H32N2/c1-2-13-33(14-3-1)34-25-27-37(28-26-34)51-41-20-9-11-24-47(41)54-52(55-51)42-21-12-23-44-48(42)40-19-8-10-22-43(40)53(44)45-31-29-35-15-4-6-17-38(35)49(45)50-39-18-7-5-16-36(39)30-32-46(50)53/h1-32H/i1D,2D,3D,13D,14D. The van der Waals surface area contributed by atoms with Gasteiger partial charge in [-0.05, 0) is 83.2 Å². The van der Waals surface area contributed by atoms with Gasteiger partial charge in [0.05, 0.1) is 23.5 Å². The highest BCUT2D eigenvalue weighted by Crippen LogP contribution is 2.65. The minimum absolute atomic E-state index is 0.171. The molecule has 0 fully saturated rings. The number of fused-ring (bicyclic) bond motifs is 15. The highest BCUT2D eigenvalue weighted by atomic mass is 14.9. The first-order valence-electron chi connectivity index (χ1n) is 21.1. The molecule has 0 aliphatic heterocycles. The Balaban J connectivity index is 1.10. The lowest BCUT2D eigenvalue weighted by Crippen LogP contribution is -2.25. The van der Waals surface area contributed by atoms with Crippen LogP contribution >= 0.6 is 0 Å². The third-order valence-electron chi connectivity index (χ3n) is 11.8. The molecule has 2 heteroatoms. The predicted octanol–water partition coefficient (Wildman–Crippen LogP) is 13.3. The molecule has 10 aromatic rings. The Morgan fingerprint density at radius 2 is 0.945 bits per heavy atom. The number of para-hydroxylation sites is 1. The lowest BCUT2D eigenvalue weighted by atomic mass is 9.70. The zero-order valence-electron chi connectivity index (χ0n) is 34.5. The highest BCUT2D eigenvalue weighted by Gasteiger charge is 2.53. The second-order valence-corrected chi connectivity index (χ2v) is 14.4. The van der Waals surface area contributed by atoms with Gasteiger partial charge >= 0.3 is 0 Å².